The molecule has 0 saturated heterocycles. The van der Waals surface area contributed by atoms with Crippen LogP contribution in [0.2, 0.25) is 0 Å². The molecule has 0 amide bonds. The first-order valence-corrected chi connectivity index (χ1v) is 5.89. The lowest BCUT2D eigenvalue weighted by atomic mass is 10.1. The van der Waals surface area contributed by atoms with Gasteiger partial charge in [0.15, 0.2) is 11.3 Å². The number of aliphatic carboxylic acids is 1. The van der Waals surface area contributed by atoms with Crippen molar-refractivity contribution >= 4 is 22.6 Å². The molecule has 6 nitrogen and oxygen atoms in total. The van der Waals surface area contributed by atoms with E-state index < -0.39 is 5.97 Å². The predicted molar refractivity (Wildman–Crippen MR) is 69.1 cm³/mol. The van der Waals surface area contributed by atoms with Crippen molar-refractivity contribution in [3.05, 3.63) is 35.3 Å². The van der Waals surface area contributed by atoms with Crippen molar-refractivity contribution in [1.82, 2.24) is 19.6 Å². The van der Waals surface area contributed by atoms with Gasteiger partial charge in [0.1, 0.15) is 0 Å². The minimum Gasteiger partial charge on any atom is -0.481 e. The van der Waals surface area contributed by atoms with Crippen LogP contribution in [0.15, 0.2) is 18.3 Å². The molecule has 3 aromatic heterocycles. The Morgan fingerprint density at radius 3 is 2.95 bits per heavy atom. The standard InChI is InChI=1S/C13H12N4O2/c1-7-10(6-11(18)19)8(2)17-13(15-7)9-4-3-5-14-12(9)16-17/h3-5H,6H2,1-2H3,(H,18,19). The van der Waals surface area contributed by atoms with Gasteiger partial charge in [-0.1, -0.05) is 0 Å². The Hall–Kier alpha value is -2.50. The highest BCUT2D eigenvalue weighted by atomic mass is 16.4. The van der Waals surface area contributed by atoms with E-state index in [-0.39, 0.29) is 6.42 Å². The Morgan fingerprint density at radius 2 is 2.21 bits per heavy atom. The summed E-state index contributed by atoms with van der Waals surface area (Å²) in [6.45, 7) is 3.67. The Morgan fingerprint density at radius 1 is 1.42 bits per heavy atom. The molecule has 0 bridgehead atoms. The van der Waals surface area contributed by atoms with Crippen LogP contribution >= 0.6 is 0 Å². The van der Waals surface area contributed by atoms with Crippen LogP contribution in [-0.4, -0.2) is 30.7 Å². The average Bonchev–Trinajstić information content (AvgIpc) is 2.73. The normalized spacial score (nSPS) is 11.3. The van der Waals surface area contributed by atoms with Crippen LogP contribution in [-0.2, 0) is 11.2 Å². The largest absolute Gasteiger partial charge is 0.481 e. The number of rotatable bonds is 2. The molecule has 6 heteroatoms. The molecule has 0 radical (unpaired) electrons. The van der Waals surface area contributed by atoms with Gasteiger partial charge in [0, 0.05) is 23.1 Å². The highest BCUT2D eigenvalue weighted by Crippen LogP contribution is 2.21. The summed E-state index contributed by atoms with van der Waals surface area (Å²) in [6, 6.07) is 3.74. The molecular formula is C13H12N4O2. The van der Waals surface area contributed by atoms with E-state index in [9.17, 15) is 4.79 Å². The molecule has 19 heavy (non-hydrogen) atoms. The Bertz CT molecular complexity index is 807. The molecule has 3 rings (SSSR count). The quantitative estimate of drug-likeness (QED) is 0.752. The number of hydrogen-bond acceptors (Lipinski definition) is 4. The maximum Gasteiger partial charge on any atom is 0.307 e. The highest BCUT2D eigenvalue weighted by molar-refractivity contribution is 5.89. The third-order valence-corrected chi connectivity index (χ3v) is 3.22. The maximum atomic E-state index is 10.9. The smallest absolute Gasteiger partial charge is 0.307 e. The minimum absolute atomic E-state index is 0.0513. The summed E-state index contributed by atoms with van der Waals surface area (Å²) in [4.78, 5) is 19.6. The molecule has 1 N–H and O–H groups in total. The Kier molecular flexibility index (Phi) is 2.45. The van der Waals surface area contributed by atoms with E-state index in [1.165, 1.54) is 0 Å². The van der Waals surface area contributed by atoms with Gasteiger partial charge in [-0.15, -0.1) is 5.10 Å². The van der Waals surface area contributed by atoms with Crippen molar-refractivity contribution in [2.75, 3.05) is 0 Å². The summed E-state index contributed by atoms with van der Waals surface area (Å²) in [5.74, 6) is -0.873. The fourth-order valence-corrected chi connectivity index (χ4v) is 2.27. The molecule has 0 aliphatic carbocycles. The van der Waals surface area contributed by atoms with E-state index in [4.69, 9.17) is 5.11 Å². The number of aromatic nitrogens is 4. The summed E-state index contributed by atoms with van der Waals surface area (Å²) in [5.41, 5.74) is 3.55. The van der Waals surface area contributed by atoms with E-state index in [1.54, 1.807) is 10.7 Å². The van der Waals surface area contributed by atoms with Gasteiger partial charge < -0.3 is 5.11 Å². The fourth-order valence-electron chi connectivity index (χ4n) is 2.27. The molecule has 96 valence electrons. The zero-order chi connectivity index (χ0) is 13.6. The highest BCUT2D eigenvalue weighted by Gasteiger charge is 2.15. The maximum absolute atomic E-state index is 10.9. The third kappa shape index (κ3) is 1.72. The van der Waals surface area contributed by atoms with Crippen molar-refractivity contribution in [2.45, 2.75) is 20.3 Å². The lowest BCUT2D eigenvalue weighted by Gasteiger charge is -2.08. The van der Waals surface area contributed by atoms with Crippen molar-refractivity contribution in [3.63, 3.8) is 0 Å². The first kappa shape index (κ1) is 11.6. The number of carboxylic acids is 1. The first-order chi connectivity index (χ1) is 9.08. The van der Waals surface area contributed by atoms with Gasteiger partial charge in [0.25, 0.3) is 0 Å². The van der Waals surface area contributed by atoms with Crippen LogP contribution in [0.3, 0.4) is 0 Å². The molecule has 0 spiro atoms. The fraction of sp³-hybridized carbons (Fsp3) is 0.231. The van der Waals surface area contributed by atoms with E-state index in [0.717, 1.165) is 16.8 Å². The number of carboxylic acid groups (broad SMARTS) is 1. The van der Waals surface area contributed by atoms with Crippen LogP contribution < -0.4 is 0 Å². The predicted octanol–water partition coefficient (Wildman–Crippen LogP) is 1.52. The number of aryl methyl sites for hydroxylation is 2. The first-order valence-electron chi connectivity index (χ1n) is 5.89. The van der Waals surface area contributed by atoms with Gasteiger partial charge in [-0.05, 0) is 26.0 Å². The van der Waals surface area contributed by atoms with Gasteiger partial charge in [-0.2, -0.15) is 0 Å². The van der Waals surface area contributed by atoms with E-state index in [2.05, 4.69) is 15.1 Å². The summed E-state index contributed by atoms with van der Waals surface area (Å²) < 4.78 is 1.67. The van der Waals surface area contributed by atoms with Crippen LogP contribution in [0.25, 0.3) is 16.7 Å². The van der Waals surface area contributed by atoms with Gasteiger partial charge in [-0.3, -0.25) is 4.79 Å². The molecule has 0 fully saturated rings. The molecule has 0 unspecified atom stereocenters. The lowest BCUT2D eigenvalue weighted by molar-refractivity contribution is -0.136. The number of hydrogen-bond donors (Lipinski definition) is 1. The van der Waals surface area contributed by atoms with E-state index in [1.807, 2.05) is 26.0 Å². The molecule has 0 aromatic carbocycles. The zero-order valence-electron chi connectivity index (χ0n) is 10.6. The van der Waals surface area contributed by atoms with Gasteiger partial charge in [0.05, 0.1) is 11.8 Å². The van der Waals surface area contributed by atoms with Gasteiger partial charge >= 0.3 is 5.97 Å². The molecule has 3 aromatic rings. The second kappa shape index (κ2) is 4.01. The second-order valence-corrected chi connectivity index (χ2v) is 4.44. The molecular weight excluding hydrogens is 244 g/mol. The molecule has 3 heterocycles. The molecule has 0 atom stereocenters. The number of carbonyl (C=O) groups is 1. The molecule has 0 saturated carbocycles. The van der Waals surface area contributed by atoms with Crippen molar-refractivity contribution < 1.29 is 9.90 Å². The van der Waals surface area contributed by atoms with Crippen LogP contribution in [0.4, 0.5) is 0 Å². The van der Waals surface area contributed by atoms with Crippen molar-refractivity contribution in [2.24, 2.45) is 0 Å². The molecule has 0 aliphatic rings. The van der Waals surface area contributed by atoms with Crippen LogP contribution in [0, 0.1) is 13.8 Å². The second-order valence-electron chi connectivity index (χ2n) is 4.44. The third-order valence-electron chi connectivity index (χ3n) is 3.22. The number of fused-ring (bicyclic) bond motifs is 3. The van der Waals surface area contributed by atoms with Gasteiger partial charge in [-0.25, -0.2) is 14.5 Å². The summed E-state index contributed by atoms with van der Waals surface area (Å²) in [7, 11) is 0. The topological polar surface area (TPSA) is 80.4 Å². The lowest BCUT2D eigenvalue weighted by Crippen LogP contribution is -2.10. The van der Waals surface area contributed by atoms with E-state index in [0.29, 0.717) is 16.9 Å². The summed E-state index contributed by atoms with van der Waals surface area (Å²) in [5, 5.41) is 14.2. The minimum atomic E-state index is -0.873. The summed E-state index contributed by atoms with van der Waals surface area (Å²) in [6.07, 6.45) is 1.62. The van der Waals surface area contributed by atoms with Crippen LogP contribution in [0.1, 0.15) is 17.0 Å². The zero-order valence-corrected chi connectivity index (χ0v) is 10.6. The van der Waals surface area contributed by atoms with Crippen molar-refractivity contribution in [1.29, 1.82) is 0 Å². The summed E-state index contributed by atoms with van der Waals surface area (Å²) >= 11 is 0. The number of pyridine rings is 1. The Labute approximate surface area is 108 Å². The average molecular weight is 256 g/mol. The molecule has 0 aliphatic heterocycles. The number of nitrogens with zero attached hydrogens (tertiary/aromatic N) is 4. The van der Waals surface area contributed by atoms with Crippen LogP contribution in [0.5, 0.6) is 0 Å². The van der Waals surface area contributed by atoms with E-state index >= 15 is 0 Å². The Balaban J connectivity index is 2.38. The SMILES string of the molecule is Cc1nc2c3cccnc3nn2c(C)c1CC(=O)O. The monoisotopic (exact) mass is 256 g/mol. The van der Waals surface area contributed by atoms with Gasteiger partial charge in [0.2, 0.25) is 0 Å². The van der Waals surface area contributed by atoms with Crippen molar-refractivity contribution in [3.8, 4) is 0 Å².